The van der Waals surface area contributed by atoms with Crippen LogP contribution in [0.3, 0.4) is 0 Å². The SMILES string of the molecule is Cc1cccc(NC(=O)C2CC2C(=O)N(C)CCc2ccncc2)c1C. The molecule has 0 radical (unpaired) electrons. The van der Waals surface area contributed by atoms with Crippen molar-refractivity contribution in [2.45, 2.75) is 26.7 Å². The fraction of sp³-hybridized carbons (Fsp3) is 0.381. The Balaban J connectivity index is 1.51. The van der Waals surface area contributed by atoms with Gasteiger partial charge in [0.25, 0.3) is 0 Å². The van der Waals surface area contributed by atoms with Crippen molar-refractivity contribution >= 4 is 17.5 Å². The zero-order valence-electron chi connectivity index (χ0n) is 15.5. The van der Waals surface area contributed by atoms with Gasteiger partial charge in [-0.1, -0.05) is 12.1 Å². The molecule has 3 rings (SSSR count). The molecule has 1 fully saturated rings. The highest BCUT2D eigenvalue weighted by atomic mass is 16.2. The van der Waals surface area contributed by atoms with E-state index in [9.17, 15) is 9.59 Å². The lowest BCUT2D eigenvalue weighted by molar-refractivity contribution is -0.132. The highest BCUT2D eigenvalue weighted by Crippen LogP contribution is 2.41. The molecular weight excluding hydrogens is 326 g/mol. The summed E-state index contributed by atoms with van der Waals surface area (Å²) < 4.78 is 0. The van der Waals surface area contributed by atoms with Gasteiger partial charge in [-0.05, 0) is 61.6 Å². The summed E-state index contributed by atoms with van der Waals surface area (Å²) in [7, 11) is 1.81. The van der Waals surface area contributed by atoms with Gasteiger partial charge in [0.2, 0.25) is 11.8 Å². The van der Waals surface area contributed by atoms with Gasteiger partial charge in [-0.3, -0.25) is 14.6 Å². The maximum atomic E-state index is 12.5. The maximum Gasteiger partial charge on any atom is 0.228 e. The molecule has 1 aromatic heterocycles. The van der Waals surface area contributed by atoms with Crippen molar-refractivity contribution in [1.82, 2.24) is 9.88 Å². The fourth-order valence-electron chi connectivity index (χ4n) is 3.11. The first kappa shape index (κ1) is 18.1. The fourth-order valence-corrected chi connectivity index (χ4v) is 3.11. The van der Waals surface area contributed by atoms with Crippen molar-refractivity contribution in [2.24, 2.45) is 11.8 Å². The van der Waals surface area contributed by atoms with Crippen LogP contribution in [-0.4, -0.2) is 35.3 Å². The van der Waals surface area contributed by atoms with Gasteiger partial charge in [-0.2, -0.15) is 0 Å². The quantitative estimate of drug-likeness (QED) is 0.870. The third-order valence-corrected chi connectivity index (χ3v) is 5.17. The molecule has 0 bridgehead atoms. The Kier molecular flexibility index (Phi) is 5.35. The summed E-state index contributed by atoms with van der Waals surface area (Å²) >= 11 is 0. The molecule has 1 aliphatic carbocycles. The van der Waals surface area contributed by atoms with Crippen LogP contribution in [0.25, 0.3) is 0 Å². The number of carbonyl (C=O) groups is 2. The van der Waals surface area contributed by atoms with Crippen LogP contribution in [0.2, 0.25) is 0 Å². The molecule has 0 saturated heterocycles. The van der Waals surface area contributed by atoms with Crippen LogP contribution >= 0.6 is 0 Å². The summed E-state index contributed by atoms with van der Waals surface area (Å²) in [5.41, 5.74) is 4.19. The van der Waals surface area contributed by atoms with Gasteiger partial charge in [0.15, 0.2) is 0 Å². The van der Waals surface area contributed by atoms with Gasteiger partial charge >= 0.3 is 0 Å². The second-order valence-corrected chi connectivity index (χ2v) is 7.05. The minimum Gasteiger partial charge on any atom is -0.345 e. The zero-order chi connectivity index (χ0) is 18.7. The summed E-state index contributed by atoms with van der Waals surface area (Å²) in [6.07, 6.45) is 4.93. The van der Waals surface area contributed by atoms with E-state index in [1.165, 1.54) is 0 Å². The number of likely N-dealkylation sites (N-methyl/N-ethyl adjacent to an activating group) is 1. The van der Waals surface area contributed by atoms with E-state index in [1.54, 1.807) is 17.3 Å². The van der Waals surface area contributed by atoms with E-state index in [1.807, 2.05) is 51.2 Å². The Hall–Kier alpha value is -2.69. The van der Waals surface area contributed by atoms with Crippen LogP contribution in [0, 0.1) is 25.7 Å². The number of nitrogens with one attached hydrogen (secondary N) is 1. The number of hydrogen-bond acceptors (Lipinski definition) is 3. The van der Waals surface area contributed by atoms with Crippen molar-refractivity contribution in [2.75, 3.05) is 18.9 Å². The van der Waals surface area contributed by atoms with Crippen LogP contribution in [0.5, 0.6) is 0 Å². The normalized spacial score (nSPS) is 18.3. The maximum absolute atomic E-state index is 12.5. The van der Waals surface area contributed by atoms with Gasteiger partial charge in [0.05, 0.1) is 11.8 Å². The van der Waals surface area contributed by atoms with Crippen molar-refractivity contribution in [3.8, 4) is 0 Å². The first-order valence-corrected chi connectivity index (χ1v) is 8.98. The molecule has 2 amide bonds. The van der Waals surface area contributed by atoms with Crippen LogP contribution in [0.1, 0.15) is 23.1 Å². The van der Waals surface area contributed by atoms with Gasteiger partial charge in [0.1, 0.15) is 0 Å². The Morgan fingerprint density at radius 3 is 2.62 bits per heavy atom. The Labute approximate surface area is 154 Å². The number of nitrogens with zero attached hydrogens (tertiary/aromatic N) is 2. The molecule has 2 atom stereocenters. The van der Waals surface area contributed by atoms with E-state index in [0.29, 0.717) is 13.0 Å². The summed E-state index contributed by atoms with van der Waals surface area (Å²) in [4.78, 5) is 30.7. The van der Waals surface area contributed by atoms with Crippen LogP contribution in [0.4, 0.5) is 5.69 Å². The average molecular weight is 351 g/mol. The van der Waals surface area contributed by atoms with E-state index in [-0.39, 0.29) is 23.7 Å². The van der Waals surface area contributed by atoms with Crippen molar-refractivity contribution in [3.63, 3.8) is 0 Å². The molecule has 2 aromatic rings. The predicted octanol–water partition coefficient (Wildman–Crippen LogP) is 2.97. The lowest BCUT2D eigenvalue weighted by atomic mass is 10.1. The predicted molar refractivity (Wildman–Crippen MR) is 102 cm³/mol. The topological polar surface area (TPSA) is 62.3 Å². The largest absolute Gasteiger partial charge is 0.345 e. The third-order valence-electron chi connectivity index (χ3n) is 5.17. The molecule has 1 saturated carbocycles. The Morgan fingerprint density at radius 1 is 1.15 bits per heavy atom. The zero-order valence-corrected chi connectivity index (χ0v) is 15.5. The molecule has 0 spiro atoms. The van der Waals surface area contributed by atoms with Crippen molar-refractivity contribution in [3.05, 3.63) is 59.4 Å². The Bertz CT molecular complexity index is 804. The lowest BCUT2D eigenvalue weighted by Gasteiger charge is -2.17. The van der Waals surface area contributed by atoms with Gasteiger partial charge in [-0.15, -0.1) is 0 Å². The summed E-state index contributed by atoms with van der Waals surface area (Å²) in [5.74, 6) is -0.409. The second kappa shape index (κ2) is 7.68. The van der Waals surface area contributed by atoms with Crippen LogP contribution < -0.4 is 5.32 Å². The van der Waals surface area contributed by atoms with E-state index in [0.717, 1.165) is 28.8 Å². The molecule has 2 unspecified atom stereocenters. The second-order valence-electron chi connectivity index (χ2n) is 7.05. The molecule has 136 valence electrons. The van der Waals surface area contributed by atoms with E-state index >= 15 is 0 Å². The van der Waals surface area contributed by atoms with Gasteiger partial charge in [0, 0.05) is 31.7 Å². The van der Waals surface area contributed by atoms with E-state index in [2.05, 4.69) is 10.3 Å². The van der Waals surface area contributed by atoms with E-state index in [4.69, 9.17) is 0 Å². The lowest BCUT2D eigenvalue weighted by Crippen LogP contribution is -2.31. The summed E-state index contributed by atoms with van der Waals surface area (Å²) in [6, 6.07) is 9.76. The molecule has 5 heteroatoms. The molecular formula is C21H25N3O2. The smallest absolute Gasteiger partial charge is 0.228 e. The first-order valence-electron chi connectivity index (χ1n) is 8.98. The summed E-state index contributed by atoms with van der Waals surface area (Å²) in [5, 5.41) is 2.98. The monoisotopic (exact) mass is 351 g/mol. The molecule has 1 N–H and O–H groups in total. The van der Waals surface area contributed by atoms with Crippen molar-refractivity contribution in [1.29, 1.82) is 0 Å². The molecule has 1 heterocycles. The van der Waals surface area contributed by atoms with Crippen LogP contribution in [0.15, 0.2) is 42.7 Å². The molecule has 0 aliphatic heterocycles. The number of benzene rings is 1. The number of hydrogen-bond donors (Lipinski definition) is 1. The molecule has 5 nitrogen and oxygen atoms in total. The minimum absolute atomic E-state index is 0.0557. The standard InChI is InChI=1S/C21H25N3O2/c1-14-5-4-6-19(15(14)2)23-20(25)17-13-18(17)21(26)24(3)12-9-16-7-10-22-11-8-16/h4-8,10-11,17-18H,9,12-13H2,1-3H3,(H,23,25). The molecule has 1 aliphatic rings. The number of anilines is 1. The number of rotatable bonds is 6. The van der Waals surface area contributed by atoms with Gasteiger partial charge < -0.3 is 10.2 Å². The first-order chi connectivity index (χ1) is 12.5. The minimum atomic E-state index is -0.217. The third kappa shape index (κ3) is 4.10. The molecule has 26 heavy (non-hydrogen) atoms. The van der Waals surface area contributed by atoms with E-state index < -0.39 is 0 Å². The number of carbonyl (C=O) groups excluding carboxylic acids is 2. The number of pyridine rings is 1. The van der Waals surface area contributed by atoms with Gasteiger partial charge in [-0.25, -0.2) is 0 Å². The van der Waals surface area contributed by atoms with Crippen molar-refractivity contribution < 1.29 is 9.59 Å². The highest BCUT2D eigenvalue weighted by molar-refractivity contribution is 5.99. The number of aryl methyl sites for hydroxylation is 1. The number of aromatic nitrogens is 1. The van der Waals surface area contributed by atoms with Crippen LogP contribution in [-0.2, 0) is 16.0 Å². The highest BCUT2D eigenvalue weighted by Gasteiger charge is 2.49. The summed E-state index contributed by atoms with van der Waals surface area (Å²) in [6.45, 7) is 4.66. The average Bonchev–Trinajstić information content (AvgIpc) is 3.44. The number of amides is 2. The Morgan fingerprint density at radius 2 is 1.88 bits per heavy atom. The molecule has 1 aromatic carbocycles.